The number of aromatic nitrogens is 4. The molecule has 0 fully saturated rings. The first-order valence-corrected chi connectivity index (χ1v) is 8.92. The minimum atomic E-state index is -1.34. The molecule has 1 aromatic heterocycles. The number of tetrazole rings is 1. The quantitative estimate of drug-likeness (QED) is 0.478. The fourth-order valence-electron chi connectivity index (χ4n) is 2.43. The van der Waals surface area contributed by atoms with Gasteiger partial charge >= 0.3 is 18.0 Å². The first kappa shape index (κ1) is 22.5. The number of esters is 1. The van der Waals surface area contributed by atoms with Gasteiger partial charge in [-0.05, 0) is 16.0 Å². The Balaban J connectivity index is 1.96. The van der Waals surface area contributed by atoms with E-state index in [2.05, 4.69) is 25.6 Å². The van der Waals surface area contributed by atoms with Crippen molar-refractivity contribution in [1.82, 2.24) is 25.5 Å². The molecule has 1 amide bonds. The summed E-state index contributed by atoms with van der Waals surface area (Å²) in [4.78, 5) is 47.0. The Morgan fingerprint density at radius 3 is 2.60 bits per heavy atom. The van der Waals surface area contributed by atoms with E-state index in [0.717, 1.165) is 10.2 Å². The number of Topliss-reactive ketones (excluding diaryl/α,β-unsaturated/α-hetero) is 1. The molecule has 2 rings (SSSR count). The lowest BCUT2D eigenvalue weighted by Gasteiger charge is -2.16. The van der Waals surface area contributed by atoms with Gasteiger partial charge in [-0.15, -0.1) is 5.10 Å². The van der Waals surface area contributed by atoms with Crippen molar-refractivity contribution in [2.45, 2.75) is 38.5 Å². The summed E-state index contributed by atoms with van der Waals surface area (Å²) in [7, 11) is 1.24. The molecule has 1 heterocycles. The number of methoxy groups -OCH3 is 1. The molecule has 1 unspecified atom stereocenters. The molecule has 0 saturated carbocycles. The molecule has 2 aromatic rings. The molecule has 2 N–H and O–H groups in total. The maximum absolute atomic E-state index is 12.6. The monoisotopic (exact) mass is 419 g/mol. The maximum atomic E-state index is 12.6. The lowest BCUT2D eigenvalue weighted by Crippen LogP contribution is -2.44. The number of carboxylic acid groups (broad SMARTS) is 1. The Morgan fingerprint density at radius 2 is 1.93 bits per heavy atom. The third-order valence-corrected chi connectivity index (χ3v) is 3.96. The number of ether oxygens (including phenoxy) is 2. The molecule has 0 spiro atoms. The maximum Gasteiger partial charge on any atom is 0.408 e. The molecule has 0 bridgehead atoms. The van der Waals surface area contributed by atoms with Crippen LogP contribution in [0.5, 0.6) is 0 Å². The molecule has 0 saturated heterocycles. The number of carboxylic acids is 1. The van der Waals surface area contributed by atoms with E-state index in [1.165, 1.54) is 7.11 Å². The van der Waals surface area contributed by atoms with Gasteiger partial charge in [0.25, 0.3) is 0 Å². The highest BCUT2D eigenvalue weighted by Crippen LogP contribution is 2.05. The van der Waals surface area contributed by atoms with Crippen LogP contribution in [0, 0.1) is 0 Å². The highest BCUT2D eigenvalue weighted by atomic mass is 16.5. The number of aryl methyl sites for hydroxylation is 1. The summed E-state index contributed by atoms with van der Waals surface area (Å²) in [6.07, 6.45) is -1.43. The van der Waals surface area contributed by atoms with Gasteiger partial charge < -0.3 is 19.9 Å². The number of hydrogen-bond acceptors (Lipinski definition) is 9. The number of alkyl carbamates (subject to hydrolysis) is 1. The Morgan fingerprint density at radius 1 is 1.20 bits per heavy atom. The fraction of sp³-hybridized carbons (Fsp3) is 0.389. The van der Waals surface area contributed by atoms with Crippen LogP contribution < -0.4 is 5.32 Å². The molecule has 0 radical (unpaired) electrons. The van der Waals surface area contributed by atoms with Crippen LogP contribution in [-0.4, -0.2) is 62.3 Å². The Hall–Kier alpha value is -3.83. The van der Waals surface area contributed by atoms with Gasteiger partial charge in [0.1, 0.15) is 19.2 Å². The number of carbonyl (C=O) groups is 4. The number of aliphatic carboxylic acids is 1. The van der Waals surface area contributed by atoms with Crippen molar-refractivity contribution in [3.8, 4) is 0 Å². The number of nitrogens with zero attached hydrogens (tertiary/aromatic N) is 4. The van der Waals surface area contributed by atoms with Crippen LogP contribution in [0.2, 0.25) is 0 Å². The van der Waals surface area contributed by atoms with Gasteiger partial charge in [-0.1, -0.05) is 30.3 Å². The van der Waals surface area contributed by atoms with Crippen LogP contribution >= 0.6 is 0 Å². The second-order valence-electron chi connectivity index (χ2n) is 6.15. The summed E-state index contributed by atoms with van der Waals surface area (Å²) in [6.45, 7) is -0.425. The van der Waals surface area contributed by atoms with Crippen LogP contribution in [0.4, 0.5) is 4.79 Å². The van der Waals surface area contributed by atoms with Crippen molar-refractivity contribution in [3.63, 3.8) is 0 Å². The molecule has 12 nitrogen and oxygen atoms in total. The summed E-state index contributed by atoms with van der Waals surface area (Å²) >= 11 is 0. The van der Waals surface area contributed by atoms with Crippen molar-refractivity contribution >= 4 is 23.8 Å². The molecule has 0 aliphatic rings. The van der Waals surface area contributed by atoms with E-state index in [4.69, 9.17) is 9.84 Å². The van der Waals surface area contributed by atoms with Crippen molar-refractivity contribution in [1.29, 1.82) is 0 Å². The van der Waals surface area contributed by atoms with E-state index in [1.807, 2.05) is 6.07 Å². The van der Waals surface area contributed by atoms with Crippen LogP contribution in [0.1, 0.15) is 24.2 Å². The van der Waals surface area contributed by atoms with E-state index in [1.54, 1.807) is 24.3 Å². The Labute approximate surface area is 171 Å². The minimum Gasteiger partial charge on any atom is -0.481 e. The summed E-state index contributed by atoms with van der Waals surface area (Å²) in [5.41, 5.74) is 0.734. The third kappa shape index (κ3) is 7.30. The lowest BCUT2D eigenvalue weighted by molar-refractivity contribution is -0.141. The smallest absolute Gasteiger partial charge is 0.408 e. The van der Waals surface area contributed by atoms with E-state index >= 15 is 0 Å². The minimum absolute atomic E-state index is 0.00762. The van der Waals surface area contributed by atoms with Gasteiger partial charge in [-0.25, -0.2) is 9.48 Å². The molecular formula is C18H21N5O7. The molecular weight excluding hydrogens is 398 g/mol. The van der Waals surface area contributed by atoms with Gasteiger partial charge in [0.05, 0.1) is 20.0 Å². The molecule has 12 heteroatoms. The van der Waals surface area contributed by atoms with Crippen LogP contribution in [-0.2, 0) is 43.4 Å². The highest BCUT2D eigenvalue weighted by Gasteiger charge is 2.26. The van der Waals surface area contributed by atoms with Crippen LogP contribution in [0.25, 0.3) is 0 Å². The van der Waals surface area contributed by atoms with E-state index < -0.39 is 36.3 Å². The van der Waals surface area contributed by atoms with E-state index in [0.29, 0.717) is 0 Å². The highest BCUT2D eigenvalue weighted by molar-refractivity contribution is 5.90. The molecule has 1 aromatic carbocycles. The average molecular weight is 419 g/mol. The van der Waals surface area contributed by atoms with Gasteiger partial charge in [-0.2, -0.15) is 0 Å². The SMILES string of the molecule is COC(=O)CCc1nnnn1CC(=O)C(CC(=O)O)NC(=O)OCc1ccccc1. The standard InChI is InChI=1S/C18H21N5O7/c1-29-17(27)8-7-15-20-21-22-23(15)10-14(24)13(9-16(25)26)19-18(28)30-11-12-5-3-2-4-6-12/h2-6,13H,7-11H2,1H3,(H,19,28)(H,25,26). The van der Waals surface area contributed by atoms with Crippen molar-refractivity contribution in [3.05, 3.63) is 41.7 Å². The van der Waals surface area contributed by atoms with Crippen LogP contribution in [0.3, 0.4) is 0 Å². The third-order valence-electron chi connectivity index (χ3n) is 3.96. The first-order valence-electron chi connectivity index (χ1n) is 8.92. The summed E-state index contributed by atoms with van der Waals surface area (Å²) in [6, 6.07) is 7.52. The van der Waals surface area contributed by atoms with Crippen molar-refractivity contribution < 1.29 is 33.8 Å². The van der Waals surface area contributed by atoms with Gasteiger partial charge in [0, 0.05) is 6.42 Å². The predicted molar refractivity (Wildman–Crippen MR) is 99.0 cm³/mol. The van der Waals surface area contributed by atoms with Crippen molar-refractivity contribution in [2.24, 2.45) is 0 Å². The molecule has 160 valence electrons. The second kappa shape index (κ2) is 11.2. The summed E-state index contributed by atoms with van der Waals surface area (Å²) in [5.74, 6) is -2.14. The number of ketones is 1. The fourth-order valence-corrected chi connectivity index (χ4v) is 2.43. The number of benzene rings is 1. The normalized spacial score (nSPS) is 11.4. The Kier molecular flexibility index (Phi) is 8.41. The number of hydrogen-bond donors (Lipinski definition) is 2. The molecule has 0 aliphatic heterocycles. The topological polar surface area (TPSA) is 163 Å². The van der Waals surface area contributed by atoms with E-state index in [9.17, 15) is 19.2 Å². The zero-order chi connectivity index (χ0) is 21.9. The lowest BCUT2D eigenvalue weighted by atomic mass is 10.1. The van der Waals surface area contributed by atoms with Crippen molar-refractivity contribution in [2.75, 3.05) is 7.11 Å². The van der Waals surface area contributed by atoms with Gasteiger partial charge in [-0.3, -0.25) is 14.4 Å². The predicted octanol–water partition coefficient (Wildman–Crippen LogP) is 0.118. The molecule has 0 aliphatic carbocycles. The molecule has 30 heavy (non-hydrogen) atoms. The second-order valence-corrected chi connectivity index (χ2v) is 6.15. The largest absolute Gasteiger partial charge is 0.481 e. The summed E-state index contributed by atoms with van der Waals surface area (Å²) in [5, 5.41) is 22.2. The number of rotatable bonds is 11. The number of carbonyl (C=O) groups excluding carboxylic acids is 3. The van der Waals surface area contributed by atoms with Crippen LogP contribution in [0.15, 0.2) is 30.3 Å². The number of nitrogens with one attached hydrogen (secondary N) is 1. The number of amides is 1. The Bertz CT molecular complexity index is 884. The molecule has 1 atom stereocenters. The zero-order valence-corrected chi connectivity index (χ0v) is 16.2. The summed E-state index contributed by atoms with van der Waals surface area (Å²) < 4.78 is 10.7. The zero-order valence-electron chi connectivity index (χ0n) is 16.2. The van der Waals surface area contributed by atoms with Gasteiger partial charge in [0.2, 0.25) is 0 Å². The van der Waals surface area contributed by atoms with Gasteiger partial charge in [0.15, 0.2) is 11.6 Å². The first-order chi connectivity index (χ1) is 14.4. The van der Waals surface area contributed by atoms with E-state index in [-0.39, 0.29) is 31.8 Å². The average Bonchev–Trinajstić information content (AvgIpc) is 3.17.